The van der Waals surface area contributed by atoms with Gasteiger partial charge in [-0.15, -0.1) is 0 Å². The third-order valence-electron chi connectivity index (χ3n) is 4.45. The maximum Gasteiger partial charge on any atom is 0.315 e. The molecule has 0 spiro atoms. The molecule has 0 saturated carbocycles. The number of sulfonamides is 1. The number of carbonyl (C=O) groups is 1. The van der Waals surface area contributed by atoms with Gasteiger partial charge in [0.2, 0.25) is 10.0 Å². The van der Waals surface area contributed by atoms with E-state index in [1.165, 1.54) is 55.5 Å². The molecule has 0 saturated heterocycles. The molecule has 3 N–H and O–H groups in total. The second-order valence-corrected chi connectivity index (χ2v) is 7.80. The van der Waals surface area contributed by atoms with Crippen molar-refractivity contribution in [2.45, 2.75) is 17.4 Å². The lowest BCUT2D eigenvalue weighted by Crippen LogP contribution is -2.27. The van der Waals surface area contributed by atoms with Gasteiger partial charge in [-0.2, -0.15) is 0 Å². The Morgan fingerprint density at radius 3 is 2.19 bits per heavy atom. The number of nitrogens with zero attached hydrogens (tertiary/aromatic N) is 1. The van der Waals surface area contributed by atoms with Crippen LogP contribution in [0.5, 0.6) is 0 Å². The zero-order chi connectivity index (χ0) is 19.8. The molecule has 27 heavy (non-hydrogen) atoms. The SMILES string of the molecule is CC(C(=O)O)C1=NC(c2ccc(F)cc2)(c2ccc(S(N)(=O)=O)cc2)CO1. The second-order valence-electron chi connectivity index (χ2n) is 6.24. The minimum atomic E-state index is -3.86. The molecule has 1 heterocycles. The molecule has 2 aromatic rings. The fourth-order valence-corrected chi connectivity index (χ4v) is 3.38. The molecule has 0 aromatic heterocycles. The number of rotatable bonds is 5. The fraction of sp³-hybridized carbons (Fsp3) is 0.222. The molecule has 9 heteroatoms. The van der Waals surface area contributed by atoms with E-state index >= 15 is 0 Å². The summed E-state index contributed by atoms with van der Waals surface area (Å²) in [5.41, 5.74) is 0.0258. The number of ether oxygens (including phenoxy) is 1. The molecule has 0 bridgehead atoms. The van der Waals surface area contributed by atoms with Gasteiger partial charge >= 0.3 is 5.97 Å². The van der Waals surface area contributed by atoms with Gasteiger partial charge in [-0.05, 0) is 42.3 Å². The third kappa shape index (κ3) is 3.56. The Labute approximate surface area is 155 Å². The van der Waals surface area contributed by atoms with Crippen LogP contribution in [0.1, 0.15) is 18.1 Å². The van der Waals surface area contributed by atoms with Crippen molar-refractivity contribution in [2.24, 2.45) is 16.0 Å². The number of nitrogens with two attached hydrogens (primary N) is 1. The number of primary sulfonamides is 1. The Kier molecular flexibility index (Phi) is 4.75. The van der Waals surface area contributed by atoms with Crippen LogP contribution in [0.25, 0.3) is 0 Å². The summed E-state index contributed by atoms with van der Waals surface area (Å²) >= 11 is 0. The number of hydrogen-bond donors (Lipinski definition) is 2. The molecule has 1 aliphatic heterocycles. The summed E-state index contributed by atoms with van der Waals surface area (Å²) < 4.78 is 41.9. The van der Waals surface area contributed by atoms with Gasteiger partial charge in [0.15, 0.2) is 5.90 Å². The number of aliphatic carboxylic acids is 1. The van der Waals surface area contributed by atoms with Crippen molar-refractivity contribution in [1.29, 1.82) is 0 Å². The predicted molar refractivity (Wildman–Crippen MR) is 95.2 cm³/mol. The van der Waals surface area contributed by atoms with Gasteiger partial charge < -0.3 is 9.84 Å². The maximum absolute atomic E-state index is 13.4. The molecule has 2 aromatic carbocycles. The van der Waals surface area contributed by atoms with Crippen molar-refractivity contribution in [1.82, 2.24) is 0 Å². The third-order valence-corrected chi connectivity index (χ3v) is 5.38. The van der Waals surface area contributed by atoms with E-state index in [4.69, 9.17) is 9.88 Å². The van der Waals surface area contributed by atoms with Gasteiger partial charge in [0.05, 0.1) is 4.90 Å². The van der Waals surface area contributed by atoms with Gasteiger partial charge in [-0.1, -0.05) is 24.3 Å². The van der Waals surface area contributed by atoms with Gasteiger partial charge in [0.25, 0.3) is 0 Å². The van der Waals surface area contributed by atoms with Gasteiger partial charge in [-0.3, -0.25) is 4.79 Å². The lowest BCUT2D eigenvalue weighted by atomic mass is 9.84. The molecule has 142 valence electrons. The molecule has 2 unspecified atom stereocenters. The van der Waals surface area contributed by atoms with E-state index in [-0.39, 0.29) is 17.4 Å². The smallest absolute Gasteiger partial charge is 0.315 e. The first-order valence-electron chi connectivity index (χ1n) is 7.98. The molecule has 0 radical (unpaired) electrons. The van der Waals surface area contributed by atoms with Crippen LogP contribution in [0.4, 0.5) is 4.39 Å². The number of carboxylic acids is 1. The van der Waals surface area contributed by atoms with Crippen LogP contribution in [0, 0.1) is 11.7 Å². The maximum atomic E-state index is 13.4. The molecular formula is C18H17FN2O5S. The van der Waals surface area contributed by atoms with Crippen LogP contribution in [-0.2, 0) is 25.1 Å². The molecule has 3 rings (SSSR count). The first-order chi connectivity index (χ1) is 12.6. The highest BCUT2D eigenvalue weighted by Crippen LogP contribution is 2.39. The van der Waals surface area contributed by atoms with E-state index in [2.05, 4.69) is 4.99 Å². The minimum absolute atomic E-state index is 0.000305. The first-order valence-corrected chi connectivity index (χ1v) is 9.53. The summed E-state index contributed by atoms with van der Waals surface area (Å²) in [5.74, 6) is -2.44. The molecule has 1 aliphatic rings. The quantitative estimate of drug-likeness (QED) is 0.805. The topological polar surface area (TPSA) is 119 Å². The van der Waals surface area contributed by atoms with Crippen molar-refractivity contribution >= 4 is 21.9 Å². The van der Waals surface area contributed by atoms with Crippen LogP contribution in [-0.4, -0.2) is 32.0 Å². The van der Waals surface area contributed by atoms with Crippen molar-refractivity contribution in [3.05, 3.63) is 65.5 Å². The van der Waals surface area contributed by atoms with E-state index in [1.54, 1.807) is 0 Å². The van der Waals surface area contributed by atoms with Crippen LogP contribution in [0.2, 0.25) is 0 Å². The van der Waals surface area contributed by atoms with Gasteiger partial charge in [-0.25, -0.2) is 22.9 Å². The highest BCUT2D eigenvalue weighted by molar-refractivity contribution is 7.89. The number of benzene rings is 2. The van der Waals surface area contributed by atoms with Crippen LogP contribution in [0.3, 0.4) is 0 Å². The number of carboxylic acid groups (broad SMARTS) is 1. The van der Waals surface area contributed by atoms with E-state index in [1.807, 2.05) is 0 Å². The normalized spacial score (nSPS) is 20.6. The van der Waals surface area contributed by atoms with Crippen LogP contribution >= 0.6 is 0 Å². The Morgan fingerprint density at radius 1 is 1.19 bits per heavy atom. The summed E-state index contributed by atoms with van der Waals surface area (Å²) in [4.78, 5) is 15.7. The summed E-state index contributed by atoms with van der Waals surface area (Å²) in [7, 11) is -3.86. The predicted octanol–water partition coefficient (Wildman–Crippen LogP) is 1.87. The highest BCUT2D eigenvalue weighted by Gasteiger charge is 2.42. The minimum Gasteiger partial charge on any atom is -0.481 e. The Balaban J connectivity index is 2.15. The summed E-state index contributed by atoms with van der Waals surface area (Å²) in [6.07, 6.45) is 0. The van der Waals surface area contributed by atoms with Gasteiger partial charge in [0.1, 0.15) is 23.9 Å². The van der Waals surface area contributed by atoms with Gasteiger partial charge in [0, 0.05) is 0 Å². The van der Waals surface area contributed by atoms with E-state index < -0.39 is 33.3 Å². The van der Waals surface area contributed by atoms with Crippen LogP contribution < -0.4 is 5.14 Å². The highest BCUT2D eigenvalue weighted by atomic mass is 32.2. The Morgan fingerprint density at radius 2 is 1.70 bits per heavy atom. The summed E-state index contributed by atoms with van der Waals surface area (Å²) in [5, 5.41) is 14.4. The molecule has 0 aliphatic carbocycles. The lowest BCUT2D eigenvalue weighted by Gasteiger charge is -2.25. The monoisotopic (exact) mass is 392 g/mol. The first kappa shape index (κ1) is 19.0. The molecule has 7 nitrogen and oxygen atoms in total. The number of hydrogen-bond acceptors (Lipinski definition) is 5. The van der Waals surface area contributed by atoms with Crippen molar-refractivity contribution in [3.8, 4) is 0 Å². The molecule has 0 fully saturated rings. The Bertz CT molecular complexity index is 1000. The standard InChI is InChI=1S/C18H17FN2O5S/c1-11(17(22)23)16-21-18(10-26-16,12-2-6-14(19)7-3-12)13-4-8-15(9-5-13)27(20,24)25/h2-9,11H,10H2,1H3,(H,22,23)(H2,20,24,25). The number of aliphatic imine (C=N–C) groups is 1. The van der Waals surface area contributed by atoms with E-state index in [0.717, 1.165) is 0 Å². The zero-order valence-corrected chi connectivity index (χ0v) is 15.1. The lowest BCUT2D eigenvalue weighted by molar-refractivity contribution is -0.139. The summed E-state index contributed by atoms with van der Waals surface area (Å²) in [6, 6.07) is 11.3. The van der Waals surface area contributed by atoms with E-state index in [0.29, 0.717) is 11.1 Å². The fourth-order valence-electron chi connectivity index (χ4n) is 2.87. The van der Waals surface area contributed by atoms with E-state index in [9.17, 15) is 22.7 Å². The summed E-state index contributed by atoms with van der Waals surface area (Å²) in [6.45, 7) is 1.45. The average Bonchev–Trinajstić information content (AvgIpc) is 3.07. The Hall–Kier alpha value is -2.78. The average molecular weight is 392 g/mol. The van der Waals surface area contributed by atoms with Crippen molar-refractivity contribution < 1.29 is 27.4 Å². The molecule has 0 amide bonds. The van der Waals surface area contributed by atoms with Crippen molar-refractivity contribution in [2.75, 3.05) is 6.61 Å². The molecule has 2 atom stereocenters. The second kappa shape index (κ2) is 6.75. The largest absolute Gasteiger partial charge is 0.481 e. The van der Waals surface area contributed by atoms with Crippen LogP contribution in [0.15, 0.2) is 58.4 Å². The zero-order valence-electron chi connectivity index (χ0n) is 14.3. The van der Waals surface area contributed by atoms with Crippen molar-refractivity contribution in [3.63, 3.8) is 0 Å². The number of halogens is 1. The molecular weight excluding hydrogens is 375 g/mol.